The maximum Gasteiger partial charge on any atom is 0.243 e. The Morgan fingerprint density at radius 2 is 1.75 bits per heavy atom. The lowest BCUT2D eigenvalue weighted by Gasteiger charge is -2.21. The van der Waals surface area contributed by atoms with Crippen LogP contribution >= 0.6 is 0 Å². The van der Waals surface area contributed by atoms with Crippen molar-refractivity contribution in [3.63, 3.8) is 0 Å². The molecule has 20 heavy (non-hydrogen) atoms. The predicted molar refractivity (Wildman–Crippen MR) is 79.1 cm³/mol. The van der Waals surface area contributed by atoms with Crippen LogP contribution in [-0.2, 0) is 15.4 Å². The van der Waals surface area contributed by atoms with Crippen LogP contribution in [0, 0.1) is 0 Å². The van der Waals surface area contributed by atoms with Gasteiger partial charge in [0.2, 0.25) is 10.0 Å². The van der Waals surface area contributed by atoms with Crippen LogP contribution in [0.3, 0.4) is 0 Å². The van der Waals surface area contributed by atoms with Crippen LogP contribution in [0.25, 0.3) is 0 Å². The van der Waals surface area contributed by atoms with Crippen molar-refractivity contribution in [1.29, 1.82) is 0 Å². The van der Waals surface area contributed by atoms with Gasteiger partial charge in [-0.1, -0.05) is 32.9 Å². The largest absolute Gasteiger partial charge is 0.389 e. The zero-order valence-electron chi connectivity index (χ0n) is 12.5. The molecule has 1 N–H and O–H groups in total. The van der Waals surface area contributed by atoms with E-state index in [1.807, 2.05) is 12.1 Å². The maximum absolute atomic E-state index is 12.5. The Morgan fingerprint density at radius 1 is 1.20 bits per heavy atom. The fourth-order valence-corrected chi connectivity index (χ4v) is 3.94. The molecule has 0 spiro atoms. The fourth-order valence-electron chi connectivity index (χ4n) is 2.38. The number of benzene rings is 1. The first-order valence-corrected chi connectivity index (χ1v) is 8.29. The number of hydrogen-bond acceptors (Lipinski definition) is 3. The summed E-state index contributed by atoms with van der Waals surface area (Å²) >= 11 is 0. The third-order valence-electron chi connectivity index (χ3n) is 3.77. The summed E-state index contributed by atoms with van der Waals surface area (Å²) in [5, 5.41) is 9.92. The quantitative estimate of drug-likeness (QED) is 0.910. The van der Waals surface area contributed by atoms with Crippen LogP contribution in [0.1, 0.15) is 39.7 Å². The molecular weight excluding hydrogens is 274 g/mol. The number of aliphatic hydroxyl groups is 1. The minimum atomic E-state index is -3.50. The molecule has 2 rings (SSSR count). The highest BCUT2D eigenvalue weighted by Crippen LogP contribution is 2.28. The molecule has 0 saturated carbocycles. The summed E-state index contributed by atoms with van der Waals surface area (Å²) < 4.78 is 26.4. The van der Waals surface area contributed by atoms with E-state index in [2.05, 4.69) is 20.8 Å². The molecule has 0 aromatic heterocycles. The van der Waals surface area contributed by atoms with Crippen molar-refractivity contribution >= 4 is 10.0 Å². The summed E-state index contributed by atoms with van der Waals surface area (Å²) in [7, 11) is -3.50. The molecule has 1 atom stereocenters. The molecule has 112 valence electrons. The van der Waals surface area contributed by atoms with Crippen molar-refractivity contribution in [2.45, 2.75) is 50.0 Å². The van der Waals surface area contributed by atoms with Crippen LogP contribution in [0.2, 0.25) is 0 Å². The zero-order chi connectivity index (χ0) is 15.2. The van der Waals surface area contributed by atoms with E-state index in [0.29, 0.717) is 17.9 Å². The van der Waals surface area contributed by atoms with E-state index in [1.165, 1.54) is 4.31 Å². The lowest BCUT2D eigenvalue weighted by Crippen LogP contribution is -2.33. The molecule has 1 aliphatic heterocycles. The van der Waals surface area contributed by atoms with Crippen LogP contribution < -0.4 is 0 Å². The van der Waals surface area contributed by atoms with Crippen LogP contribution in [0.5, 0.6) is 0 Å². The van der Waals surface area contributed by atoms with Crippen molar-refractivity contribution < 1.29 is 13.5 Å². The normalized spacial score (nSPS) is 25.1. The molecule has 1 fully saturated rings. The summed E-state index contributed by atoms with van der Waals surface area (Å²) in [6.45, 7) is 8.48. The van der Waals surface area contributed by atoms with Crippen LogP contribution in [-0.4, -0.2) is 36.5 Å². The van der Waals surface area contributed by atoms with E-state index < -0.39 is 15.6 Å². The number of hydrogen-bond donors (Lipinski definition) is 1. The van der Waals surface area contributed by atoms with E-state index in [9.17, 15) is 13.5 Å². The second kappa shape index (κ2) is 4.83. The Morgan fingerprint density at radius 3 is 2.15 bits per heavy atom. The van der Waals surface area contributed by atoms with E-state index >= 15 is 0 Å². The Labute approximate surface area is 121 Å². The van der Waals surface area contributed by atoms with Gasteiger partial charge >= 0.3 is 0 Å². The SMILES string of the molecule is CC1(O)CCN(S(=O)(=O)c2ccc(C(C)(C)C)cc2)C1. The van der Waals surface area contributed by atoms with Crippen molar-refractivity contribution in [2.24, 2.45) is 0 Å². The van der Waals surface area contributed by atoms with Crippen molar-refractivity contribution in [3.8, 4) is 0 Å². The molecule has 1 unspecified atom stereocenters. The second-order valence-corrected chi connectivity index (χ2v) is 8.80. The first-order chi connectivity index (χ1) is 9.02. The van der Waals surface area contributed by atoms with Gasteiger partial charge in [-0.05, 0) is 36.5 Å². The van der Waals surface area contributed by atoms with Crippen molar-refractivity contribution in [1.82, 2.24) is 4.31 Å². The molecule has 5 heteroatoms. The minimum Gasteiger partial charge on any atom is -0.389 e. The van der Waals surface area contributed by atoms with E-state index in [0.717, 1.165) is 5.56 Å². The average Bonchev–Trinajstić information content (AvgIpc) is 2.69. The molecule has 1 heterocycles. The lowest BCUT2D eigenvalue weighted by atomic mass is 9.87. The van der Waals surface area contributed by atoms with Gasteiger partial charge in [-0.3, -0.25) is 0 Å². The highest BCUT2D eigenvalue weighted by molar-refractivity contribution is 7.89. The number of nitrogens with zero attached hydrogens (tertiary/aromatic N) is 1. The molecule has 0 amide bonds. The summed E-state index contributed by atoms with van der Waals surface area (Å²) in [6, 6.07) is 7.04. The molecule has 0 aliphatic carbocycles. The summed E-state index contributed by atoms with van der Waals surface area (Å²) in [5.41, 5.74) is 0.183. The predicted octanol–water partition coefficient (Wildman–Crippen LogP) is 2.13. The number of sulfonamides is 1. The Hall–Kier alpha value is -0.910. The van der Waals surface area contributed by atoms with E-state index in [-0.39, 0.29) is 12.0 Å². The highest BCUT2D eigenvalue weighted by Gasteiger charge is 2.38. The third kappa shape index (κ3) is 3.05. The molecule has 1 saturated heterocycles. The standard InChI is InChI=1S/C15H23NO3S/c1-14(2,3)12-5-7-13(8-6-12)20(18,19)16-10-9-15(4,17)11-16/h5-8,17H,9-11H2,1-4H3. The van der Waals surface area contributed by atoms with E-state index in [4.69, 9.17) is 0 Å². The summed E-state index contributed by atoms with van der Waals surface area (Å²) in [5.74, 6) is 0. The first kappa shape index (κ1) is 15.5. The third-order valence-corrected chi connectivity index (χ3v) is 5.63. The fraction of sp³-hybridized carbons (Fsp3) is 0.600. The first-order valence-electron chi connectivity index (χ1n) is 6.85. The zero-order valence-corrected chi connectivity index (χ0v) is 13.4. The molecule has 1 aromatic carbocycles. The van der Waals surface area contributed by atoms with Gasteiger partial charge in [0, 0.05) is 13.1 Å². The summed E-state index contributed by atoms with van der Waals surface area (Å²) in [6.07, 6.45) is 0.478. The van der Waals surface area contributed by atoms with Gasteiger partial charge in [0.15, 0.2) is 0 Å². The molecular formula is C15H23NO3S. The van der Waals surface area contributed by atoms with Gasteiger partial charge in [0.25, 0.3) is 0 Å². The van der Waals surface area contributed by atoms with Crippen molar-refractivity contribution in [2.75, 3.05) is 13.1 Å². The van der Waals surface area contributed by atoms with Crippen LogP contribution in [0.15, 0.2) is 29.2 Å². The molecule has 1 aliphatic rings. The Balaban J connectivity index is 2.27. The van der Waals surface area contributed by atoms with Gasteiger partial charge in [0.1, 0.15) is 0 Å². The van der Waals surface area contributed by atoms with Gasteiger partial charge in [-0.2, -0.15) is 4.31 Å². The molecule has 4 nitrogen and oxygen atoms in total. The van der Waals surface area contributed by atoms with Crippen LogP contribution in [0.4, 0.5) is 0 Å². The number of β-amino-alcohol motifs (C(OH)–C–C–N with tert-alkyl or cyclic N) is 1. The molecule has 0 bridgehead atoms. The van der Waals surface area contributed by atoms with Gasteiger partial charge in [-0.25, -0.2) is 8.42 Å². The average molecular weight is 297 g/mol. The smallest absolute Gasteiger partial charge is 0.243 e. The van der Waals surface area contributed by atoms with Gasteiger partial charge in [0.05, 0.1) is 10.5 Å². The minimum absolute atomic E-state index is 0.000390. The lowest BCUT2D eigenvalue weighted by molar-refractivity contribution is 0.0762. The van der Waals surface area contributed by atoms with Gasteiger partial charge < -0.3 is 5.11 Å². The van der Waals surface area contributed by atoms with Crippen molar-refractivity contribution in [3.05, 3.63) is 29.8 Å². The maximum atomic E-state index is 12.5. The molecule has 0 radical (unpaired) electrons. The molecule has 1 aromatic rings. The monoisotopic (exact) mass is 297 g/mol. The second-order valence-electron chi connectivity index (χ2n) is 6.86. The highest BCUT2D eigenvalue weighted by atomic mass is 32.2. The van der Waals surface area contributed by atoms with Gasteiger partial charge in [-0.15, -0.1) is 0 Å². The topological polar surface area (TPSA) is 57.6 Å². The number of rotatable bonds is 2. The summed E-state index contributed by atoms with van der Waals surface area (Å²) in [4.78, 5) is 0.295. The Bertz CT molecular complexity index is 583. The Kier molecular flexibility index (Phi) is 3.73. The van der Waals surface area contributed by atoms with E-state index in [1.54, 1.807) is 19.1 Å².